The molecule has 2 saturated carbocycles. The molecule has 1 aliphatic heterocycles. The third-order valence-corrected chi connectivity index (χ3v) is 7.40. The maximum absolute atomic E-state index is 11.4. The van der Waals surface area contributed by atoms with Crippen LogP contribution in [0.15, 0.2) is 36.4 Å². The molecule has 1 N–H and O–H groups in total. The van der Waals surface area contributed by atoms with Gasteiger partial charge in [0.05, 0.1) is 0 Å². The monoisotopic (exact) mass is 410 g/mol. The second-order valence-corrected chi connectivity index (χ2v) is 9.07. The van der Waals surface area contributed by atoms with E-state index in [-0.39, 0.29) is 0 Å². The maximum atomic E-state index is 11.4. The highest BCUT2D eigenvalue weighted by Crippen LogP contribution is 2.56. The van der Waals surface area contributed by atoms with Gasteiger partial charge in [-0.25, -0.2) is 4.79 Å². The quantitative estimate of drug-likeness (QED) is 0.579. The largest absolute Gasteiger partial charge is 0.510 e. The second kappa shape index (κ2) is 8.10. The van der Waals surface area contributed by atoms with Gasteiger partial charge in [0.15, 0.2) is 0 Å². The van der Waals surface area contributed by atoms with Crippen molar-refractivity contribution in [3.05, 3.63) is 42.0 Å². The fourth-order valence-electron chi connectivity index (χ4n) is 6.13. The van der Waals surface area contributed by atoms with Crippen LogP contribution in [0.4, 0.5) is 4.79 Å². The van der Waals surface area contributed by atoms with E-state index in [2.05, 4.69) is 24.3 Å². The number of carbonyl (C=O) groups is 1. The summed E-state index contributed by atoms with van der Waals surface area (Å²) < 4.78 is 17.6. The topological polar surface area (TPSA) is 65.0 Å². The smallest absolute Gasteiger partial charge is 0.450 e. The molecule has 0 amide bonds. The Morgan fingerprint density at radius 1 is 0.900 bits per heavy atom. The van der Waals surface area contributed by atoms with E-state index in [4.69, 9.17) is 14.2 Å². The van der Waals surface area contributed by atoms with Crippen LogP contribution in [-0.2, 0) is 15.1 Å². The van der Waals surface area contributed by atoms with Gasteiger partial charge in [-0.1, -0.05) is 62.8 Å². The maximum Gasteiger partial charge on any atom is 0.510 e. The molecule has 2 aromatic rings. The number of ether oxygens (including phenoxy) is 3. The van der Waals surface area contributed by atoms with Gasteiger partial charge in [-0.3, -0.25) is 4.74 Å². The van der Waals surface area contributed by atoms with E-state index >= 15 is 0 Å². The molecule has 1 atom stereocenters. The van der Waals surface area contributed by atoms with Crippen molar-refractivity contribution in [3.63, 3.8) is 0 Å². The first-order chi connectivity index (χ1) is 14.7. The number of rotatable bonds is 3. The fraction of sp³-hybridized carbons (Fsp3) is 0.560. The first-order valence-corrected chi connectivity index (χ1v) is 11.4. The lowest BCUT2D eigenvalue weighted by Crippen LogP contribution is -2.53. The minimum atomic E-state index is -1.37. The molecule has 0 aromatic heterocycles. The summed E-state index contributed by atoms with van der Waals surface area (Å²) in [6.07, 6.45) is 10.3. The molecule has 5 heteroatoms. The van der Waals surface area contributed by atoms with Crippen LogP contribution in [0.3, 0.4) is 0 Å². The Morgan fingerprint density at radius 2 is 1.47 bits per heavy atom. The SMILES string of the molecule is O=C(O)OC1Oc2cc3ccccc3cc2C(C2CCCCC2)(C2CCCCC2)O1. The van der Waals surface area contributed by atoms with Crippen molar-refractivity contribution in [1.29, 1.82) is 0 Å². The first kappa shape index (κ1) is 19.7. The Labute approximate surface area is 177 Å². The molecular formula is C25H30O5. The third-order valence-electron chi connectivity index (χ3n) is 7.40. The number of hydrogen-bond acceptors (Lipinski definition) is 4. The molecule has 5 nitrogen and oxygen atoms in total. The molecule has 30 heavy (non-hydrogen) atoms. The lowest BCUT2D eigenvalue weighted by Gasteiger charge is -2.52. The summed E-state index contributed by atoms with van der Waals surface area (Å²) in [7, 11) is 0. The van der Waals surface area contributed by atoms with Crippen molar-refractivity contribution < 1.29 is 24.1 Å². The average molecular weight is 411 g/mol. The lowest BCUT2D eigenvalue weighted by molar-refractivity contribution is -0.324. The number of benzene rings is 2. The van der Waals surface area contributed by atoms with Crippen molar-refractivity contribution in [2.75, 3.05) is 0 Å². The number of fused-ring (bicyclic) bond motifs is 2. The highest BCUT2D eigenvalue weighted by molar-refractivity contribution is 5.85. The van der Waals surface area contributed by atoms with Crippen LogP contribution in [0.1, 0.15) is 69.8 Å². The summed E-state index contributed by atoms with van der Waals surface area (Å²) in [5, 5.41) is 11.5. The minimum absolute atomic E-state index is 0.345. The highest BCUT2D eigenvalue weighted by Gasteiger charge is 2.54. The Morgan fingerprint density at radius 3 is 2.03 bits per heavy atom. The van der Waals surface area contributed by atoms with Crippen LogP contribution >= 0.6 is 0 Å². The Balaban J connectivity index is 1.69. The molecule has 160 valence electrons. The molecule has 5 rings (SSSR count). The summed E-state index contributed by atoms with van der Waals surface area (Å²) in [5.41, 5.74) is 0.531. The standard InChI is InChI=1S/C25H30O5/c26-23(27)29-24-28-22-16-18-10-8-7-9-17(18)15-21(22)25(30-24,19-11-3-1-4-12-19)20-13-5-2-6-14-20/h7-10,15-16,19-20,24H,1-6,11-14H2,(H,26,27). The van der Waals surface area contributed by atoms with Crippen LogP contribution in [0.2, 0.25) is 0 Å². The molecule has 3 aliphatic rings. The van der Waals surface area contributed by atoms with Gasteiger partial charge in [0.1, 0.15) is 11.4 Å². The third kappa shape index (κ3) is 3.43. The molecule has 2 aromatic carbocycles. The van der Waals surface area contributed by atoms with E-state index in [1.807, 2.05) is 12.1 Å². The molecule has 2 aliphatic carbocycles. The zero-order valence-electron chi connectivity index (χ0n) is 17.3. The zero-order valence-corrected chi connectivity index (χ0v) is 17.3. The normalized spacial score (nSPS) is 24.7. The van der Waals surface area contributed by atoms with Crippen molar-refractivity contribution in [3.8, 4) is 5.75 Å². The second-order valence-electron chi connectivity index (χ2n) is 9.07. The lowest BCUT2D eigenvalue weighted by atomic mass is 9.63. The summed E-state index contributed by atoms with van der Waals surface area (Å²) in [6.45, 7) is -1.22. The Kier molecular flexibility index (Phi) is 5.32. The summed E-state index contributed by atoms with van der Waals surface area (Å²) in [4.78, 5) is 11.4. The van der Waals surface area contributed by atoms with Gasteiger partial charge < -0.3 is 14.6 Å². The zero-order chi connectivity index (χ0) is 20.6. The molecule has 0 bridgehead atoms. The minimum Gasteiger partial charge on any atom is -0.450 e. The van der Waals surface area contributed by atoms with Crippen LogP contribution in [-0.4, -0.2) is 17.7 Å². The van der Waals surface area contributed by atoms with E-state index in [9.17, 15) is 9.90 Å². The highest BCUT2D eigenvalue weighted by atomic mass is 16.9. The molecule has 0 radical (unpaired) electrons. The molecule has 1 heterocycles. The van der Waals surface area contributed by atoms with Crippen molar-refractivity contribution in [2.45, 2.75) is 76.3 Å². The van der Waals surface area contributed by atoms with Crippen LogP contribution < -0.4 is 4.74 Å². The van der Waals surface area contributed by atoms with Gasteiger partial charge in [-0.05, 0) is 60.4 Å². The van der Waals surface area contributed by atoms with E-state index in [0.717, 1.165) is 42.0 Å². The predicted molar refractivity (Wildman–Crippen MR) is 113 cm³/mol. The fourth-order valence-corrected chi connectivity index (χ4v) is 6.13. The van der Waals surface area contributed by atoms with Crippen LogP contribution in [0.5, 0.6) is 5.75 Å². The first-order valence-electron chi connectivity index (χ1n) is 11.4. The predicted octanol–water partition coefficient (Wildman–Crippen LogP) is 6.58. The van der Waals surface area contributed by atoms with Crippen molar-refractivity contribution in [1.82, 2.24) is 0 Å². The van der Waals surface area contributed by atoms with Gasteiger partial charge in [-0.2, -0.15) is 0 Å². The summed E-state index contributed by atoms with van der Waals surface area (Å²) in [6, 6.07) is 12.5. The summed E-state index contributed by atoms with van der Waals surface area (Å²) >= 11 is 0. The van der Waals surface area contributed by atoms with Crippen molar-refractivity contribution >= 4 is 16.9 Å². The molecule has 2 fully saturated rings. The van der Waals surface area contributed by atoms with E-state index in [1.165, 1.54) is 38.5 Å². The van der Waals surface area contributed by atoms with E-state index < -0.39 is 18.2 Å². The van der Waals surface area contributed by atoms with Gasteiger partial charge in [0, 0.05) is 5.56 Å². The molecule has 1 unspecified atom stereocenters. The Bertz CT molecular complexity index is 893. The van der Waals surface area contributed by atoms with E-state index in [0.29, 0.717) is 17.6 Å². The van der Waals surface area contributed by atoms with Gasteiger partial charge in [0.2, 0.25) is 0 Å². The van der Waals surface area contributed by atoms with Gasteiger partial charge in [-0.15, -0.1) is 0 Å². The van der Waals surface area contributed by atoms with Crippen molar-refractivity contribution in [2.24, 2.45) is 11.8 Å². The molecule has 0 saturated heterocycles. The van der Waals surface area contributed by atoms with Crippen LogP contribution in [0, 0.1) is 11.8 Å². The molecular weight excluding hydrogens is 380 g/mol. The van der Waals surface area contributed by atoms with E-state index in [1.54, 1.807) is 0 Å². The number of carboxylic acid groups (broad SMARTS) is 1. The summed E-state index contributed by atoms with van der Waals surface area (Å²) in [5.74, 6) is 1.40. The van der Waals surface area contributed by atoms with Gasteiger partial charge >= 0.3 is 12.6 Å². The Hall–Kier alpha value is -2.27. The molecule has 0 spiro atoms. The van der Waals surface area contributed by atoms with Crippen LogP contribution in [0.25, 0.3) is 10.8 Å². The van der Waals surface area contributed by atoms with Gasteiger partial charge in [0.25, 0.3) is 0 Å². The number of hydrogen-bond donors (Lipinski definition) is 1. The average Bonchev–Trinajstić information content (AvgIpc) is 2.78.